The minimum atomic E-state index is 0.951. The van der Waals surface area contributed by atoms with Crippen molar-refractivity contribution in [3.8, 4) is 0 Å². The molecule has 0 aliphatic heterocycles. The van der Waals surface area contributed by atoms with E-state index < -0.39 is 0 Å². The summed E-state index contributed by atoms with van der Waals surface area (Å²) in [6.45, 7) is 4.01. The quantitative estimate of drug-likeness (QED) is 0.410. The molecule has 0 N–H and O–H groups in total. The summed E-state index contributed by atoms with van der Waals surface area (Å²) in [5.74, 6) is 0. The van der Waals surface area contributed by atoms with Crippen molar-refractivity contribution < 1.29 is 0 Å². The van der Waals surface area contributed by atoms with Crippen molar-refractivity contribution in [1.29, 1.82) is 0 Å². The summed E-state index contributed by atoms with van der Waals surface area (Å²) in [7, 11) is 1.74. The van der Waals surface area contributed by atoms with Crippen molar-refractivity contribution in [3.63, 3.8) is 0 Å². The summed E-state index contributed by atoms with van der Waals surface area (Å²) in [5.41, 5.74) is 1.19. The van der Waals surface area contributed by atoms with E-state index in [2.05, 4.69) is 17.6 Å². The van der Waals surface area contributed by atoms with Crippen LogP contribution in [0.3, 0.4) is 0 Å². The molecular formula is C6H11NS. The molecule has 0 fully saturated rings. The highest BCUT2D eigenvalue weighted by Crippen LogP contribution is 2.03. The predicted octanol–water partition coefficient (Wildman–Crippen LogP) is 1.91. The highest BCUT2D eigenvalue weighted by Gasteiger charge is 1.83. The molecular weight excluding hydrogens is 118 g/mol. The maximum absolute atomic E-state index is 4.14. The van der Waals surface area contributed by atoms with Crippen LogP contribution < -0.4 is 0 Å². The van der Waals surface area contributed by atoms with Crippen LogP contribution >= 0.6 is 12.6 Å². The Hall–Kier alpha value is -0.240. The van der Waals surface area contributed by atoms with Crippen LogP contribution in [-0.4, -0.2) is 13.3 Å². The summed E-state index contributed by atoms with van der Waals surface area (Å²) in [4.78, 5) is 4.75. The Morgan fingerprint density at radius 3 is 2.12 bits per heavy atom. The molecule has 0 aliphatic carbocycles. The standard InChI is InChI=1S/C6H11NS/c1-5(2)6(8)4-7-3/h4,8H,1-3H3. The Kier molecular flexibility index (Phi) is 3.61. The summed E-state index contributed by atoms with van der Waals surface area (Å²) in [6.07, 6.45) is 1.73. The predicted molar refractivity (Wildman–Crippen MR) is 41.8 cm³/mol. The third-order valence-corrected chi connectivity index (χ3v) is 1.33. The molecule has 46 valence electrons. The van der Waals surface area contributed by atoms with Crippen molar-refractivity contribution in [1.82, 2.24) is 0 Å². The van der Waals surface area contributed by atoms with Gasteiger partial charge in [0.1, 0.15) is 0 Å². The molecule has 0 heterocycles. The third-order valence-electron chi connectivity index (χ3n) is 0.764. The molecule has 0 radical (unpaired) electrons. The summed E-state index contributed by atoms with van der Waals surface area (Å²) in [5, 5.41) is 0. The number of nitrogens with zero attached hydrogens (tertiary/aromatic N) is 1. The van der Waals surface area contributed by atoms with Gasteiger partial charge in [-0.2, -0.15) is 0 Å². The lowest BCUT2D eigenvalue weighted by atomic mass is 10.3. The highest BCUT2D eigenvalue weighted by molar-refractivity contribution is 7.85. The van der Waals surface area contributed by atoms with Crippen LogP contribution in [0.5, 0.6) is 0 Å². The van der Waals surface area contributed by atoms with Gasteiger partial charge in [-0.3, -0.25) is 4.99 Å². The number of aliphatic imine (C=N–C) groups is 1. The normalized spacial score (nSPS) is 10.0. The fourth-order valence-electron chi connectivity index (χ4n) is 0.251. The van der Waals surface area contributed by atoms with Gasteiger partial charge in [0.05, 0.1) is 0 Å². The van der Waals surface area contributed by atoms with E-state index in [0.29, 0.717) is 0 Å². The van der Waals surface area contributed by atoms with Crippen molar-refractivity contribution >= 4 is 18.8 Å². The van der Waals surface area contributed by atoms with Crippen LogP contribution in [0.25, 0.3) is 0 Å². The topological polar surface area (TPSA) is 12.4 Å². The first-order valence-electron chi connectivity index (χ1n) is 2.47. The molecule has 0 unspecified atom stereocenters. The SMILES string of the molecule is CN=CC(S)=C(C)C. The average Bonchev–Trinajstić information content (AvgIpc) is 1.67. The first-order chi connectivity index (χ1) is 3.68. The van der Waals surface area contributed by atoms with Gasteiger partial charge in [0.2, 0.25) is 0 Å². The van der Waals surface area contributed by atoms with Crippen molar-refractivity contribution in [2.24, 2.45) is 4.99 Å². The van der Waals surface area contributed by atoms with Gasteiger partial charge >= 0.3 is 0 Å². The second-order valence-corrected chi connectivity index (χ2v) is 2.25. The summed E-state index contributed by atoms with van der Waals surface area (Å²) < 4.78 is 0. The number of thiol groups is 1. The molecule has 0 bridgehead atoms. The molecule has 0 atom stereocenters. The minimum Gasteiger partial charge on any atom is -0.295 e. The van der Waals surface area contributed by atoms with Crippen LogP contribution in [0.4, 0.5) is 0 Å². The van der Waals surface area contributed by atoms with Gasteiger partial charge in [-0.15, -0.1) is 12.6 Å². The first kappa shape index (κ1) is 7.76. The summed E-state index contributed by atoms with van der Waals surface area (Å²) >= 11 is 4.14. The van der Waals surface area contributed by atoms with E-state index >= 15 is 0 Å². The Balaban J connectivity index is 4.00. The molecule has 2 heteroatoms. The fourth-order valence-corrected chi connectivity index (χ4v) is 0.367. The first-order valence-corrected chi connectivity index (χ1v) is 2.91. The van der Waals surface area contributed by atoms with Crippen LogP contribution in [0.2, 0.25) is 0 Å². The Morgan fingerprint density at radius 2 is 2.00 bits per heavy atom. The monoisotopic (exact) mass is 129 g/mol. The van der Waals surface area contributed by atoms with Gasteiger partial charge in [-0.25, -0.2) is 0 Å². The van der Waals surface area contributed by atoms with E-state index in [0.717, 1.165) is 4.91 Å². The van der Waals surface area contributed by atoms with Crippen molar-refractivity contribution in [3.05, 3.63) is 10.5 Å². The van der Waals surface area contributed by atoms with E-state index in [1.165, 1.54) is 5.57 Å². The van der Waals surface area contributed by atoms with Crippen LogP contribution in [0, 0.1) is 0 Å². The second-order valence-electron chi connectivity index (χ2n) is 1.77. The number of allylic oxidation sites excluding steroid dienone is 2. The molecule has 0 aromatic carbocycles. The Morgan fingerprint density at radius 1 is 1.50 bits per heavy atom. The van der Waals surface area contributed by atoms with Crippen molar-refractivity contribution in [2.45, 2.75) is 13.8 Å². The zero-order chi connectivity index (χ0) is 6.57. The van der Waals surface area contributed by atoms with Gasteiger partial charge in [0, 0.05) is 18.2 Å². The lowest BCUT2D eigenvalue weighted by Gasteiger charge is -1.89. The Labute approximate surface area is 55.9 Å². The highest BCUT2D eigenvalue weighted by atomic mass is 32.1. The number of hydrogen-bond acceptors (Lipinski definition) is 2. The fraction of sp³-hybridized carbons (Fsp3) is 0.500. The van der Waals surface area contributed by atoms with Crippen molar-refractivity contribution in [2.75, 3.05) is 7.05 Å². The van der Waals surface area contributed by atoms with E-state index in [1.54, 1.807) is 13.3 Å². The van der Waals surface area contributed by atoms with E-state index in [-0.39, 0.29) is 0 Å². The zero-order valence-corrected chi connectivity index (χ0v) is 6.37. The molecule has 0 saturated carbocycles. The van der Waals surface area contributed by atoms with Gasteiger partial charge in [0.15, 0.2) is 0 Å². The summed E-state index contributed by atoms with van der Waals surface area (Å²) in [6, 6.07) is 0. The van der Waals surface area contributed by atoms with Crippen LogP contribution in [0.1, 0.15) is 13.8 Å². The molecule has 0 amide bonds. The lowest BCUT2D eigenvalue weighted by Crippen LogP contribution is -1.76. The van der Waals surface area contributed by atoms with Crippen LogP contribution in [0.15, 0.2) is 15.5 Å². The minimum absolute atomic E-state index is 0.951. The maximum atomic E-state index is 4.14. The average molecular weight is 129 g/mol. The molecule has 0 aromatic heterocycles. The molecule has 1 nitrogen and oxygen atoms in total. The van der Waals surface area contributed by atoms with E-state index in [4.69, 9.17) is 0 Å². The molecule has 8 heavy (non-hydrogen) atoms. The smallest absolute Gasteiger partial charge is 0.0341 e. The van der Waals surface area contributed by atoms with E-state index in [1.807, 2.05) is 13.8 Å². The lowest BCUT2D eigenvalue weighted by molar-refractivity contribution is 1.39. The molecule has 0 saturated heterocycles. The molecule has 0 aliphatic rings. The van der Waals surface area contributed by atoms with Gasteiger partial charge in [0.25, 0.3) is 0 Å². The zero-order valence-electron chi connectivity index (χ0n) is 5.47. The largest absolute Gasteiger partial charge is 0.295 e. The van der Waals surface area contributed by atoms with E-state index in [9.17, 15) is 0 Å². The van der Waals surface area contributed by atoms with Gasteiger partial charge in [-0.1, -0.05) is 5.57 Å². The van der Waals surface area contributed by atoms with Gasteiger partial charge in [-0.05, 0) is 13.8 Å². The number of rotatable bonds is 1. The third kappa shape index (κ3) is 2.86. The molecule has 0 aromatic rings. The van der Waals surface area contributed by atoms with Gasteiger partial charge < -0.3 is 0 Å². The number of hydrogen-bond donors (Lipinski definition) is 1. The maximum Gasteiger partial charge on any atom is 0.0341 e. The molecule has 0 rings (SSSR count). The second kappa shape index (κ2) is 3.72. The van der Waals surface area contributed by atoms with Crippen LogP contribution in [-0.2, 0) is 0 Å². The Bertz CT molecular complexity index is 120. The molecule has 0 spiro atoms.